The standard InChI is InChI=1S/C15H22N4O3/c1-3-8-19-14(21)12(13(20)16-15(19)22)11(4-2)17-18-9-6-5-7-10-18/h3-4,12,17H,1,5-10H2,2H3,(H,16,20,22)/b11-4+/t12-/m0/s1. The fourth-order valence-corrected chi connectivity index (χ4v) is 2.67. The minimum Gasteiger partial charge on any atom is -0.322 e. The molecule has 7 heteroatoms. The van der Waals surface area contributed by atoms with Gasteiger partial charge in [0, 0.05) is 25.3 Å². The molecule has 1 atom stereocenters. The van der Waals surface area contributed by atoms with E-state index in [2.05, 4.69) is 17.3 Å². The fraction of sp³-hybridized carbons (Fsp3) is 0.533. The third-order valence-electron chi connectivity index (χ3n) is 3.83. The summed E-state index contributed by atoms with van der Waals surface area (Å²) in [6.07, 6.45) is 6.51. The Morgan fingerprint density at radius 3 is 2.59 bits per heavy atom. The Bertz CT molecular complexity index is 509. The molecule has 0 saturated carbocycles. The molecule has 7 nitrogen and oxygen atoms in total. The van der Waals surface area contributed by atoms with E-state index in [0.717, 1.165) is 30.8 Å². The first-order valence-electron chi connectivity index (χ1n) is 7.53. The molecule has 0 spiro atoms. The van der Waals surface area contributed by atoms with Crippen LogP contribution in [-0.4, -0.2) is 47.4 Å². The predicted octanol–water partition coefficient (Wildman–Crippen LogP) is 0.761. The molecule has 0 aliphatic carbocycles. The lowest BCUT2D eigenvalue weighted by Gasteiger charge is -2.34. The Morgan fingerprint density at radius 1 is 1.32 bits per heavy atom. The lowest BCUT2D eigenvalue weighted by Crippen LogP contribution is -2.60. The number of urea groups is 1. The zero-order valence-electron chi connectivity index (χ0n) is 12.8. The van der Waals surface area contributed by atoms with Crippen LogP contribution < -0.4 is 10.7 Å². The average molecular weight is 306 g/mol. The molecular formula is C15H22N4O3. The Morgan fingerprint density at radius 2 is 2.00 bits per heavy atom. The highest BCUT2D eigenvalue weighted by Gasteiger charge is 2.42. The third kappa shape index (κ3) is 3.36. The van der Waals surface area contributed by atoms with Crippen LogP contribution in [0.3, 0.4) is 0 Å². The quantitative estimate of drug-likeness (QED) is 0.579. The fourth-order valence-electron chi connectivity index (χ4n) is 2.67. The molecular weight excluding hydrogens is 284 g/mol. The van der Waals surface area contributed by atoms with Crippen LogP contribution in [0.1, 0.15) is 26.2 Å². The van der Waals surface area contributed by atoms with Crippen LogP contribution in [0.25, 0.3) is 0 Å². The number of hydrogen-bond acceptors (Lipinski definition) is 5. The van der Waals surface area contributed by atoms with E-state index in [4.69, 9.17) is 0 Å². The van der Waals surface area contributed by atoms with Gasteiger partial charge in [-0.3, -0.25) is 19.8 Å². The van der Waals surface area contributed by atoms with Gasteiger partial charge in [0.2, 0.25) is 11.8 Å². The number of amides is 4. The summed E-state index contributed by atoms with van der Waals surface area (Å²) in [5.74, 6) is -2.14. The van der Waals surface area contributed by atoms with Crippen LogP contribution in [0.4, 0.5) is 4.79 Å². The monoisotopic (exact) mass is 306 g/mol. The minimum atomic E-state index is -1.02. The smallest absolute Gasteiger partial charge is 0.322 e. The maximum atomic E-state index is 12.5. The number of hydrazine groups is 1. The summed E-state index contributed by atoms with van der Waals surface area (Å²) in [6, 6.07) is -0.695. The first kappa shape index (κ1) is 16.2. The molecule has 2 heterocycles. The summed E-state index contributed by atoms with van der Waals surface area (Å²) in [4.78, 5) is 37.3. The van der Waals surface area contributed by atoms with E-state index >= 15 is 0 Å². The molecule has 0 radical (unpaired) electrons. The Balaban J connectivity index is 2.15. The molecule has 0 aromatic rings. The highest BCUT2D eigenvalue weighted by atomic mass is 16.2. The molecule has 2 fully saturated rings. The summed E-state index contributed by atoms with van der Waals surface area (Å²) in [5.41, 5.74) is 3.67. The SMILES string of the molecule is C=CCN1C(=O)NC(=O)[C@H](/C(=C\C)NN2CCCCC2)C1=O. The van der Waals surface area contributed by atoms with E-state index in [-0.39, 0.29) is 6.54 Å². The molecule has 0 unspecified atom stereocenters. The van der Waals surface area contributed by atoms with Gasteiger partial charge in [-0.2, -0.15) is 0 Å². The van der Waals surface area contributed by atoms with Crippen LogP contribution in [0.15, 0.2) is 24.4 Å². The molecule has 2 aliphatic rings. The number of hydrogen-bond donors (Lipinski definition) is 2. The van der Waals surface area contributed by atoms with Crippen molar-refractivity contribution in [3.63, 3.8) is 0 Å². The van der Waals surface area contributed by atoms with Gasteiger partial charge in [0.15, 0.2) is 5.92 Å². The highest BCUT2D eigenvalue weighted by molar-refractivity contribution is 6.17. The number of imide groups is 2. The topological polar surface area (TPSA) is 81.8 Å². The number of carbonyl (C=O) groups excluding carboxylic acids is 3. The van der Waals surface area contributed by atoms with Gasteiger partial charge in [0.1, 0.15) is 0 Å². The second-order valence-electron chi connectivity index (χ2n) is 5.37. The normalized spacial score (nSPS) is 24.2. The number of piperidine rings is 1. The summed E-state index contributed by atoms with van der Waals surface area (Å²) >= 11 is 0. The molecule has 2 aliphatic heterocycles. The minimum absolute atomic E-state index is 0.0785. The number of rotatable bonds is 5. The second kappa shape index (κ2) is 7.22. The number of allylic oxidation sites excluding steroid dienone is 1. The molecule has 120 valence electrons. The van der Waals surface area contributed by atoms with Crippen molar-refractivity contribution in [1.29, 1.82) is 0 Å². The van der Waals surface area contributed by atoms with E-state index in [9.17, 15) is 14.4 Å². The van der Waals surface area contributed by atoms with Gasteiger partial charge in [-0.1, -0.05) is 18.6 Å². The average Bonchev–Trinajstić information content (AvgIpc) is 2.51. The van der Waals surface area contributed by atoms with Crippen molar-refractivity contribution < 1.29 is 14.4 Å². The third-order valence-corrected chi connectivity index (χ3v) is 3.83. The van der Waals surface area contributed by atoms with Gasteiger partial charge in [0.05, 0.1) is 0 Å². The van der Waals surface area contributed by atoms with E-state index in [0.29, 0.717) is 5.70 Å². The van der Waals surface area contributed by atoms with Gasteiger partial charge in [-0.25, -0.2) is 9.80 Å². The zero-order chi connectivity index (χ0) is 16.1. The van der Waals surface area contributed by atoms with Crippen LogP contribution in [0.5, 0.6) is 0 Å². The molecule has 22 heavy (non-hydrogen) atoms. The first-order valence-corrected chi connectivity index (χ1v) is 7.53. The van der Waals surface area contributed by atoms with Gasteiger partial charge in [-0.05, 0) is 19.8 Å². The van der Waals surface area contributed by atoms with Crippen molar-refractivity contribution in [3.8, 4) is 0 Å². The van der Waals surface area contributed by atoms with Gasteiger partial charge in [0.25, 0.3) is 0 Å². The van der Waals surface area contributed by atoms with Crippen molar-refractivity contribution in [2.75, 3.05) is 19.6 Å². The first-order chi connectivity index (χ1) is 10.6. The summed E-state index contributed by atoms with van der Waals surface area (Å²) in [7, 11) is 0. The van der Waals surface area contributed by atoms with Crippen molar-refractivity contribution in [2.45, 2.75) is 26.2 Å². The number of nitrogens with one attached hydrogen (secondary N) is 2. The molecule has 0 aromatic carbocycles. The van der Waals surface area contributed by atoms with E-state index in [1.54, 1.807) is 13.0 Å². The van der Waals surface area contributed by atoms with Crippen molar-refractivity contribution in [3.05, 3.63) is 24.4 Å². The number of nitrogens with zero attached hydrogens (tertiary/aromatic N) is 2. The van der Waals surface area contributed by atoms with Crippen LogP contribution in [0.2, 0.25) is 0 Å². The molecule has 0 aromatic heterocycles. The molecule has 2 saturated heterocycles. The maximum absolute atomic E-state index is 12.5. The predicted molar refractivity (Wildman–Crippen MR) is 81.3 cm³/mol. The van der Waals surface area contributed by atoms with Gasteiger partial charge >= 0.3 is 6.03 Å². The molecule has 2 rings (SSSR count). The van der Waals surface area contributed by atoms with Crippen LogP contribution in [-0.2, 0) is 9.59 Å². The maximum Gasteiger partial charge on any atom is 0.331 e. The lowest BCUT2D eigenvalue weighted by atomic mass is 10.0. The number of carbonyl (C=O) groups is 3. The Labute approximate surface area is 130 Å². The van der Waals surface area contributed by atoms with Crippen LogP contribution >= 0.6 is 0 Å². The van der Waals surface area contributed by atoms with Crippen LogP contribution in [0, 0.1) is 5.92 Å². The number of barbiturate groups is 1. The largest absolute Gasteiger partial charge is 0.331 e. The molecule has 0 bridgehead atoms. The lowest BCUT2D eigenvalue weighted by molar-refractivity contribution is -0.140. The second-order valence-corrected chi connectivity index (χ2v) is 5.37. The van der Waals surface area contributed by atoms with E-state index < -0.39 is 23.8 Å². The Hall–Kier alpha value is -2.15. The van der Waals surface area contributed by atoms with E-state index in [1.807, 2.05) is 5.01 Å². The zero-order valence-corrected chi connectivity index (χ0v) is 12.8. The summed E-state index contributed by atoms with van der Waals surface area (Å²) in [6.45, 7) is 7.11. The Kier molecular flexibility index (Phi) is 5.32. The van der Waals surface area contributed by atoms with Crippen molar-refractivity contribution >= 4 is 17.8 Å². The summed E-state index contributed by atoms with van der Waals surface area (Å²) in [5, 5.41) is 4.23. The van der Waals surface area contributed by atoms with Crippen molar-refractivity contribution in [1.82, 2.24) is 20.7 Å². The van der Waals surface area contributed by atoms with Gasteiger partial charge < -0.3 is 5.43 Å². The van der Waals surface area contributed by atoms with Crippen molar-refractivity contribution in [2.24, 2.45) is 5.92 Å². The van der Waals surface area contributed by atoms with Gasteiger partial charge in [-0.15, -0.1) is 6.58 Å². The summed E-state index contributed by atoms with van der Waals surface area (Å²) < 4.78 is 0. The highest BCUT2D eigenvalue weighted by Crippen LogP contribution is 2.19. The van der Waals surface area contributed by atoms with E-state index in [1.165, 1.54) is 12.5 Å². The molecule has 2 N–H and O–H groups in total. The molecule has 4 amide bonds.